The first-order valence-corrected chi connectivity index (χ1v) is 13.1. The molecule has 40 heavy (non-hydrogen) atoms. The third kappa shape index (κ3) is 7.35. The number of carboxylic acid groups (broad SMARTS) is 1. The highest BCUT2D eigenvalue weighted by Gasteiger charge is 2.23. The van der Waals surface area contributed by atoms with E-state index >= 15 is 0 Å². The smallest absolute Gasteiger partial charge is 0.305 e. The Bertz CT molecular complexity index is 1450. The maximum Gasteiger partial charge on any atom is 0.305 e. The monoisotopic (exact) mass is 536 g/mol. The van der Waals surface area contributed by atoms with E-state index in [0.29, 0.717) is 41.0 Å². The van der Waals surface area contributed by atoms with Crippen LogP contribution in [0.4, 0.5) is 0 Å². The largest absolute Gasteiger partial charge is 0.497 e. The maximum atomic E-state index is 13.9. The van der Waals surface area contributed by atoms with E-state index < -0.39 is 5.97 Å². The molecule has 4 aromatic rings. The molecule has 0 aliphatic rings. The van der Waals surface area contributed by atoms with Crippen molar-refractivity contribution >= 4 is 17.8 Å². The van der Waals surface area contributed by atoms with Gasteiger partial charge in [-0.3, -0.25) is 14.4 Å². The number of hydrogen-bond donors (Lipinski definition) is 2. The number of rotatable bonds is 12. The van der Waals surface area contributed by atoms with Crippen LogP contribution >= 0.6 is 0 Å². The van der Waals surface area contributed by atoms with Gasteiger partial charge >= 0.3 is 5.97 Å². The molecule has 4 aromatic carbocycles. The molecule has 204 valence electrons. The fourth-order valence-electron chi connectivity index (χ4n) is 4.49. The Kier molecular flexibility index (Phi) is 9.67. The van der Waals surface area contributed by atoms with E-state index in [9.17, 15) is 19.5 Å². The quantitative estimate of drug-likeness (QED) is 0.251. The summed E-state index contributed by atoms with van der Waals surface area (Å²) in [4.78, 5) is 40.0. The minimum Gasteiger partial charge on any atom is -0.497 e. The zero-order chi connectivity index (χ0) is 28.3. The number of carbonyl (C=O) groups excluding carboxylic acids is 2. The van der Waals surface area contributed by atoms with Gasteiger partial charge in [-0.15, -0.1) is 0 Å². The Labute approximate surface area is 234 Å². The number of methoxy groups -OCH3 is 1. The fourth-order valence-corrected chi connectivity index (χ4v) is 4.49. The summed E-state index contributed by atoms with van der Waals surface area (Å²) < 4.78 is 5.22. The number of carboxylic acids is 1. The van der Waals surface area contributed by atoms with Crippen molar-refractivity contribution in [1.82, 2.24) is 10.2 Å². The molecule has 0 aliphatic carbocycles. The summed E-state index contributed by atoms with van der Waals surface area (Å²) in [7, 11) is 1.58. The molecule has 0 unspecified atom stereocenters. The van der Waals surface area contributed by atoms with Crippen molar-refractivity contribution in [1.29, 1.82) is 0 Å². The van der Waals surface area contributed by atoms with Gasteiger partial charge in [0.15, 0.2) is 0 Å². The lowest BCUT2D eigenvalue weighted by molar-refractivity contribution is -0.137. The molecule has 0 saturated heterocycles. The molecule has 0 heterocycles. The van der Waals surface area contributed by atoms with Crippen LogP contribution in [-0.4, -0.2) is 48.0 Å². The van der Waals surface area contributed by atoms with Gasteiger partial charge in [0, 0.05) is 30.8 Å². The van der Waals surface area contributed by atoms with E-state index in [1.807, 2.05) is 66.7 Å². The van der Waals surface area contributed by atoms with Crippen LogP contribution in [0.2, 0.25) is 0 Å². The van der Waals surface area contributed by atoms with Crippen molar-refractivity contribution in [2.24, 2.45) is 0 Å². The predicted octanol–water partition coefficient (Wildman–Crippen LogP) is 5.45. The molecule has 4 rings (SSSR count). The molecular formula is C33H32N2O5. The standard InChI is InChI=1S/C33H32N2O5/c1-40-26-17-15-25(16-18-26)23-35(22-20-31(36)37)33(39)30-14-8-6-12-28(30)27-11-5-7-13-29(27)32(38)34-21-19-24-9-3-2-4-10-24/h2-18H,19-23H2,1H3,(H,34,38)(H,36,37). The molecule has 0 saturated carbocycles. The number of nitrogens with zero attached hydrogens (tertiary/aromatic N) is 1. The van der Waals surface area contributed by atoms with Gasteiger partial charge in [-0.05, 0) is 52.9 Å². The Morgan fingerprint density at radius 2 is 1.35 bits per heavy atom. The topological polar surface area (TPSA) is 95.9 Å². The molecule has 0 fully saturated rings. The van der Waals surface area contributed by atoms with Crippen LogP contribution in [0, 0.1) is 0 Å². The minimum atomic E-state index is -0.988. The van der Waals surface area contributed by atoms with Crippen LogP contribution < -0.4 is 10.1 Å². The maximum absolute atomic E-state index is 13.9. The summed E-state index contributed by atoms with van der Waals surface area (Å²) in [6.45, 7) is 0.741. The first-order valence-electron chi connectivity index (χ1n) is 13.1. The number of amides is 2. The zero-order valence-electron chi connectivity index (χ0n) is 22.4. The Balaban J connectivity index is 1.59. The normalized spacial score (nSPS) is 10.5. The highest BCUT2D eigenvalue weighted by atomic mass is 16.5. The molecule has 7 nitrogen and oxygen atoms in total. The van der Waals surface area contributed by atoms with Crippen LogP contribution in [0.15, 0.2) is 103 Å². The number of ether oxygens (including phenoxy) is 1. The van der Waals surface area contributed by atoms with Crippen molar-refractivity contribution in [2.45, 2.75) is 19.4 Å². The lowest BCUT2D eigenvalue weighted by Gasteiger charge is -2.24. The second-order valence-electron chi connectivity index (χ2n) is 9.30. The first-order chi connectivity index (χ1) is 19.5. The Morgan fingerprint density at radius 3 is 2.00 bits per heavy atom. The van der Waals surface area contributed by atoms with Crippen molar-refractivity contribution in [3.8, 4) is 16.9 Å². The van der Waals surface area contributed by atoms with Gasteiger partial charge in [0.1, 0.15) is 5.75 Å². The average molecular weight is 537 g/mol. The van der Waals surface area contributed by atoms with Crippen molar-refractivity contribution < 1.29 is 24.2 Å². The van der Waals surface area contributed by atoms with Gasteiger partial charge in [-0.1, -0.05) is 78.9 Å². The molecule has 0 spiro atoms. The summed E-state index contributed by atoms with van der Waals surface area (Å²) >= 11 is 0. The molecular weight excluding hydrogens is 504 g/mol. The zero-order valence-corrected chi connectivity index (χ0v) is 22.4. The van der Waals surface area contributed by atoms with Crippen LogP contribution in [0.3, 0.4) is 0 Å². The van der Waals surface area contributed by atoms with Crippen LogP contribution in [0.25, 0.3) is 11.1 Å². The summed E-state index contributed by atoms with van der Waals surface area (Å²) in [5.41, 5.74) is 4.07. The number of benzene rings is 4. The molecule has 0 aliphatic heterocycles. The van der Waals surface area contributed by atoms with E-state index in [1.54, 1.807) is 43.5 Å². The minimum absolute atomic E-state index is 0.0378. The second kappa shape index (κ2) is 13.8. The summed E-state index contributed by atoms with van der Waals surface area (Å²) in [6, 6.07) is 31.5. The highest BCUT2D eigenvalue weighted by Crippen LogP contribution is 2.29. The highest BCUT2D eigenvalue weighted by molar-refractivity contribution is 6.06. The summed E-state index contributed by atoms with van der Waals surface area (Å²) in [5, 5.41) is 12.3. The van der Waals surface area contributed by atoms with E-state index in [-0.39, 0.29) is 31.3 Å². The molecule has 0 bridgehead atoms. The second-order valence-corrected chi connectivity index (χ2v) is 9.30. The van der Waals surface area contributed by atoms with E-state index in [1.165, 1.54) is 4.90 Å². The number of hydrogen-bond acceptors (Lipinski definition) is 4. The van der Waals surface area contributed by atoms with E-state index in [4.69, 9.17) is 4.74 Å². The van der Waals surface area contributed by atoms with Gasteiger partial charge in [-0.2, -0.15) is 0 Å². The fraction of sp³-hybridized carbons (Fsp3) is 0.182. The molecule has 0 aromatic heterocycles. The van der Waals surface area contributed by atoms with E-state index in [0.717, 1.165) is 11.1 Å². The lowest BCUT2D eigenvalue weighted by atomic mass is 9.94. The third-order valence-electron chi connectivity index (χ3n) is 6.58. The summed E-state index contributed by atoms with van der Waals surface area (Å²) in [6.07, 6.45) is 0.512. The molecule has 7 heteroatoms. The van der Waals surface area contributed by atoms with Gasteiger partial charge in [-0.25, -0.2) is 0 Å². The van der Waals surface area contributed by atoms with Gasteiger partial charge in [0.2, 0.25) is 0 Å². The van der Waals surface area contributed by atoms with Crippen molar-refractivity contribution in [2.75, 3.05) is 20.2 Å². The number of carbonyl (C=O) groups is 3. The van der Waals surface area contributed by atoms with Gasteiger partial charge in [0.25, 0.3) is 11.8 Å². The van der Waals surface area contributed by atoms with E-state index in [2.05, 4.69) is 5.32 Å². The predicted molar refractivity (Wildman–Crippen MR) is 154 cm³/mol. The van der Waals surface area contributed by atoms with Crippen LogP contribution in [0.1, 0.15) is 38.3 Å². The summed E-state index contributed by atoms with van der Waals surface area (Å²) in [5.74, 6) is -0.837. The number of aliphatic carboxylic acids is 1. The van der Waals surface area contributed by atoms with Crippen molar-refractivity contribution in [3.63, 3.8) is 0 Å². The first kappa shape index (κ1) is 28.1. The molecule has 2 amide bonds. The van der Waals surface area contributed by atoms with Crippen molar-refractivity contribution in [3.05, 3.63) is 125 Å². The average Bonchev–Trinajstić information content (AvgIpc) is 2.99. The van der Waals surface area contributed by atoms with Gasteiger partial charge < -0.3 is 20.1 Å². The Morgan fingerprint density at radius 1 is 0.750 bits per heavy atom. The molecule has 0 atom stereocenters. The Hall–Kier alpha value is -4.91. The SMILES string of the molecule is COc1ccc(CN(CCC(=O)O)C(=O)c2ccccc2-c2ccccc2C(=O)NCCc2ccccc2)cc1. The lowest BCUT2D eigenvalue weighted by Crippen LogP contribution is -2.33. The van der Waals surface area contributed by atoms with Crippen LogP contribution in [-0.2, 0) is 17.8 Å². The molecule has 0 radical (unpaired) electrons. The number of nitrogens with one attached hydrogen (secondary N) is 1. The third-order valence-corrected chi connectivity index (χ3v) is 6.58. The van der Waals surface area contributed by atoms with Gasteiger partial charge in [0.05, 0.1) is 13.5 Å². The molecule has 2 N–H and O–H groups in total. The van der Waals surface area contributed by atoms with Crippen LogP contribution in [0.5, 0.6) is 5.75 Å².